The molecule has 0 spiro atoms. The van der Waals surface area contributed by atoms with Gasteiger partial charge in [0.1, 0.15) is 11.6 Å². The molecule has 142 valence electrons. The molecule has 2 aliphatic rings. The van der Waals surface area contributed by atoms with Crippen molar-refractivity contribution >= 4 is 17.2 Å². The topological polar surface area (TPSA) is 47.3 Å². The van der Waals surface area contributed by atoms with Crippen LogP contribution in [0.3, 0.4) is 0 Å². The number of benzene rings is 1. The molecular weight excluding hydrogens is 336 g/mol. The fourth-order valence-corrected chi connectivity index (χ4v) is 3.58. The van der Waals surface area contributed by atoms with Crippen molar-refractivity contribution in [2.45, 2.75) is 58.6 Å². The van der Waals surface area contributed by atoms with Gasteiger partial charge in [0.2, 0.25) is 5.89 Å². The number of aromatic nitrogens is 1. The third kappa shape index (κ3) is 3.53. The number of nitrogens with one attached hydrogen (secondary N) is 1. The largest absolute Gasteiger partial charge is 0.469 e. The zero-order valence-corrected chi connectivity index (χ0v) is 16.5. The van der Waals surface area contributed by atoms with Gasteiger partial charge in [-0.25, -0.2) is 4.98 Å². The van der Waals surface area contributed by atoms with E-state index in [9.17, 15) is 0 Å². The molecule has 1 aliphatic carbocycles. The zero-order chi connectivity index (χ0) is 19.0. The Bertz CT molecular complexity index is 922. The van der Waals surface area contributed by atoms with Crippen molar-refractivity contribution in [1.29, 1.82) is 0 Å². The maximum atomic E-state index is 6.02. The number of ether oxygens (including phenoxy) is 1. The minimum atomic E-state index is 0.0328. The third-order valence-corrected chi connectivity index (χ3v) is 5.82. The molecule has 27 heavy (non-hydrogen) atoms. The number of fused-ring (bicyclic) bond motifs is 2. The van der Waals surface area contributed by atoms with Gasteiger partial charge in [-0.3, -0.25) is 0 Å². The summed E-state index contributed by atoms with van der Waals surface area (Å²) in [7, 11) is 0. The van der Waals surface area contributed by atoms with Gasteiger partial charge in [0.15, 0.2) is 11.5 Å². The van der Waals surface area contributed by atoms with Crippen LogP contribution in [0.25, 0.3) is 17.2 Å². The van der Waals surface area contributed by atoms with Crippen LogP contribution in [0.1, 0.15) is 57.9 Å². The fourth-order valence-electron chi connectivity index (χ4n) is 3.58. The first-order chi connectivity index (χ1) is 13.1. The lowest BCUT2D eigenvalue weighted by Crippen LogP contribution is -2.29. The van der Waals surface area contributed by atoms with Crippen molar-refractivity contribution in [3.8, 4) is 0 Å². The third-order valence-electron chi connectivity index (χ3n) is 5.82. The molecule has 0 radical (unpaired) electrons. The molecule has 4 unspecified atom stereocenters. The number of oxazole rings is 1. The Hall–Kier alpha value is -2.49. The number of rotatable bonds is 5. The van der Waals surface area contributed by atoms with Gasteiger partial charge in [-0.2, -0.15) is 0 Å². The smallest absolute Gasteiger partial charge is 0.225 e. The SMILES string of the molecule is CCC(C)C1=CC2N/C(=C\c3nc4cc(C(C)CC)ccc4o3)OC2C=C1. The predicted molar refractivity (Wildman–Crippen MR) is 109 cm³/mol. The summed E-state index contributed by atoms with van der Waals surface area (Å²) in [6.07, 6.45) is 10.8. The van der Waals surface area contributed by atoms with Crippen LogP contribution in [0.4, 0.5) is 0 Å². The molecule has 2 aromatic rings. The quantitative estimate of drug-likeness (QED) is 0.757. The van der Waals surface area contributed by atoms with E-state index < -0.39 is 0 Å². The van der Waals surface area contributed by atoms with E-state index in [0.29, 0.717) is 23.6 Å². The molecule has 1 aliphatic heterocycles. The van der Waals surface area contributed by atoms with Crippen LogP contribution in [0.15, 0.2) is 52.3 Å². The van der Waals surface area contributed by atoms with Crippen molar-refractivity contribution in [3.05, 3.63) is 59.3 Å². The zero-order valence-electron chi connectivity index (χ0n) is 16.5. The summed E-state index contributed by atoms with van der Waals surface area (Å²) in [6.45, 7) is 8.91. The van der Waals surface area contributed by atoms with Crippen LogP contribution in [0, 0.1) is 5.92 Å². The number of nitrogens with zero attached hydrogens (tertiary/aromatic N) is 1. The predicted octanol–water partition coefficient (Wildman–Crippen LogP) is 5.54. The first-order valence-electron chi connectivity index (χ1n) is 10.0. The Kier molecular flexibility index (Phi) is 4.81. The fraction of sp³-hybridized carbons (Fsp3) is 0.435. The minimum Gasteiger partial charge on any atom is -0.469 e. The first kappa shape index (κ1) is 17.9. The standard InChI is InChI=1S/C23H28N2O2/c1-5-14(3)16-7-9-20-18(11-16)24-22(26-20)13-23-25-19-12-17(15(4)6-2)8-10-21(19)27-23/h7-15,18,20,24H,5-6H2,1-4H3/b22-13+. The normalized spacial score (nSPS) is 25.0. The van der Waals surface area contributed by atoms with Gasteiger partial charge in [-0.05, 0) is 54.0 Å². The van der Waals surface area contributed by atoms with Crippen LogP contribution in [-0.2, 0) is 4.74 Å². The highest BCUT2D eigenvalue weighted by Crippen LogP contribution is 2.29. The van der Waals surface area contributed by atoms with Gasteiger partial charge >= 0.3 is 0 Å². The molecule has 4 atom stereocenters. The average Bonchev–Trinajstić information content (AvgIpc) is 3.27. The molecule has 1 saturated heterocycles. The second-order valence-corrected chi connectivity index (χ2v) is 7.68. The molecule has 1 aromatic heterocycles. The second-order valence-electron chi connectivity index (χ2n) is 7.68. The molecule has 4 nitrogen and oxygen atoms in total. The maximum absolute atomic E-state index is 6.02. The van der Waals surface area contributed by atoms with Crippen molar-refractivity contribution in [1.82, 2.24) is 10.3 Å². The van der Waals surface area contributed by atoms with Gasteiger partial charge in [-0.1, -0.05) is 45.9 Å². The lowest BCUT2D eigenvalue weighted by atomic mass is 9.91. The van der Waals surface area contributed by atoms with Crippen molar-refractivity contribution < 1.29 is 9.15 Å². The van der Waals surface area contributed by atoms with Crippen LogP contribution in [0.5, 0.6) is 0 Å². The summed E-state index contributed by atoms with van der Waals surface area (Å²) in [6, 6.07) is 6.44. The summed E-state index contributed by atoms with van der Waals surface area (Å²) in [5, 5.41) is 3.44. The highest BCUT2D eigenvalue weighted by molar-refractivity contribution is 5.75. The molecule has 4 heteroatoms. The molecule has 1 N–H and O–H groups in total. The summed E-state index contributed by atoms with van der Waals surface area (Å²) in [4.78, 5) is 4.63. The Labute approximate surface area is 161 Å². The highest BCUT2D eigenvalue weighted by atomic mass is 16.5. The van der Waals surface area contributed by atoms with Crippen molar-refractivity contribution in [2.24, 2.45) is 5.92 Å². The van der Waals surface area contributed by atoms with E-state index >= 15 is 0 Å². The summed E-state index contributed by atoms with van der Waals surface area (Å²) in [5.74, 6) is 2.37. The summed E-state index contributed by atoms with van der Waals surface area (Å²) in [5.41, 5.74) is 4.37. The lowest BCUT2D eigenvalue weighted by Gasteiger charge is -2.19. The van der Waals surface area contributed by atoms with Crippen LogP contribution < -0.4 is 5.32 Å². The number of hydrogen-bond acceptors (Lipinski definition) is 4. The average molecular weight is 364 g/mol. The molecule has 4 rings (SSSR count). The lowest BCUT2D eigenvalue weighted by molar-refractivity contribution is 0.199. The van der Waals surface area contributed by atoms with Crippen molar-refractivity contribution in [2.75, 3.05) is 0 Å². The van der Waals surface area contributed by atoms with Crippen LogP contribution in [0.2, 0.25) is 0 Å². The van der Waals surface area contributed by atoms with Gasteiger partial charge in [0.25, 0.3) is 0 Å². The van der Waals surface area contributed by atoms with E-state index in [1.807, 2.05) is 12.1 Å². The monoisotopic (exact) mass is 364 g/mol. The molecule has 1 aromatic carbocycles. The van der Waals surface area contributed by atoms with Gasteiger partial charge in [0.05, 0.1) is 12.1 Å². The molecule has 0 saturated carbocycles. The number of allylic oxidation sites excluding steroid dienone is 2. The van der Waals surface area contributed by atoms with Gasteiger partial charge in [-0.15, -0.1) is 0 Å². The summed E-state index contributed by atoms with van der Waals surface area (Å²) < 4.78 is 11.9. The molecule has 1 fully saturated rings. The highest BCUT2D eigenvalue weighted by Gasteiger charge is 2.31. The minimum absolute atomic E-state index is 0.0328. The van der Waals surface area contributed by atoms with E-state index in [2.05, 4.69) is 68.4 Å². The molecule has 0 bridgehead atoms. The van der Waals surface area contributed by atoms with E-state index in [1.54, 1.807) is 0 Å². The Morgan fingerprint density at radius 1 is 1.19 bits per heavy atom. The Morgan fingerprint density at radius 3 is 2.78 bits per heavy atom. The molecule has 2 heterocycles. The van der Waals surface area contributed by atoms with E-state index in [4.69, 9.17) is 9.15 Å². The first-order valence-corrected chi connectivity index (χ1v) is 10.0. The second kappa shape index (κ2) is 7.26. The van der Waals surface area contributed by atoms with Crippen molar-refractivity contribution in [3.63, 3.8) is 0 Å². The van der Waals surface area contributed by atoms with Crippen LogP contribution in [-0.4, -0.2) is 17.1 Å². The number of hydrogen-bond donors (Lipinski definition) is 1. The summed E-state index contributed by atoms with van der Waals surface area (Å²) >= 11 is 0. The van der Waals surface area contributed by atoms with Gasteiger partial charge in [0, 0.05) is 0 Å². The van der Waals surface area contributed by atoms with E-state index in [0.717, 1.165) is 23.9 Å². The molecule has 0 amide bonds. The van der Waals surface area contributed by atoms with E-state index in [-0.39, 0.29) is 12.1 Å². The Balaban J connectivity index is 1.55. The molecular formula is C23H28N2O2. The van der Waals surface area contributed by atoms with E-state index in [1.165, 1.54) is 11.1 Å². The van der Waals surface area contributed by atoms with Gasteiger partial charge < -0.3 is 14.5 Å². The maximum Gasteiger partial charge on any atom is 0.225 e. The van der Waals surface area contributed by atoms with Crippen LogP contribution >= 0.6 is 0 Å². The Morgan fingerprint density at radius 2 is 2.00 bits per heavy atom.